The van der Waals surface area contributed by atoms with E-state index in [4.69, 9.17) is 14.5 Å². The third-order valence-electron chi connectivity index (χ3n) is 6.11. The summed E-state index contributed by atoms with van der Waals surface area (Å²) < 4.78 is 13.5. The zero-order chi connectivity index (χ0) is 22.9. The van der Waals surface area contributed by atoms with E-state index < -0.39 is 0 Å². The van der Waals surface area contributed by atoms with Crippen LogP contribution in [0.25, 0.3) is 26.4 Å². The number of imidazole rings is 1. The van der Waals surface area contributed by atoms with Gasteiger partial charge in [-0.05, 0) is 50.1 Å². The minimum Gasteiger partial charge on any atom is -0.497 e. The van der Waals surface area contributed by atoms with Crippen molar-refractivity contribution in [1.82, 2.24) is 14.3 Å². The molecule has 0 spiro atoms. The van der Waals surface area contributed by atoms with E-state index in [-0.39, 0.29) is 17.8 Å². The van der Waals surface area contributed by atoms with Crippen LogP contribution in [0.1, 0.15) is 30.1 Å². The van der Waals surface area contributed by atoms with Gasteiger partial charge in [0, 0.05) is 30.4 Å². The predicted molar refractivity (Wildman–Crippen MR) is 128 cm³/mol. The van der Waals surface area contributed by atoms with E-state index in [0.29, 0.717) is 38.1 Å². The molecule has 0 N–H and O–H groups in total. The van der Waals surface area contributed by atoms with Gasteiger partial charge in [0.1, 0.15) is 5.75 Å². The SMILES string of the molecule is CCOC(=O)C1CCN(C(=O)c2ccc3c(c2)sc2nc(-c4cccc(OC)c4)cn23)CC1. The number of hydrogen-bond acceptors (Lipinski definition) is 6. The Labute approximate surface area is 195 Å². The van der Waals surface area contributed by atoms with Crippen molar-refractivity contribution >= 4 is 38.4 Å². The fraction of sp³-hybridized carbons (Fsp3) is 0.320. The summed E-state index contributed by atoms with van der Waals surface area (Å²) in [6.45, 7) is 3.34. The highest BCUT2D eigenvalue weighted by atomic mass is 32.1. The minimum absolute atomic E-state index is 0.00215. The Hall–Kier alpha value is -3.39. The van der Waals surface area contributed by atoms with Gasteiger partial charge in [0.15, 0.2) is 4.96 Å². The number of hydrogen-bond donors (Lipinski definition) is 0. The van der Waals surface area contributed by atoms with E-state index in [9.17, 15) is 9.59 Å². The van der Waals surface area contributed by atoms with Crippen molar-refractivity contribution in [3.05, 3.63) is 54.2 Å². The van der Waals surface area contributed by atoms with Crippen molar-refractivity contribution in [1.29, 1.82) is 0 Å². The van der Waals surface area contributed by atoms with Crippen molar-refractivity contribution in [2.75, 3.05) is 26.8 Å². The lowest BCUT2D eigenvalue weighted by Gasteiger charge is -2.31. The number of benzene rings is 2. The Kier molecular flexibility index (Phi) is 5.76. The molecule has 0 aliphatic carbocycles. The molecule has 1 saturated heterocycles. The fourth-order valence-electron chi connectivity index (χ4n) is 4.32. The van der Waals surface area contributed by atoms with E-state index in [1.54, 1.807) is 18.4 Å². The molecule has 4 aromatic rings. The molecule has 1 amide bonds. The van der Waals surface area contributed by atoms with Crippen molar-refractivity contribution in [2.24, 2.45) is 5.92 Å². The van der Waals surface area contributed by atoms with Crippen molar-refractivity contribution < 1.29 is 19.1 Å². The lowest BCUT2D eigenvalue weighted by atomic mass is 9.96. The molecule has 33 heavy (non-hydrogen) atoms. The number of carbonyl (C=O) groups excluding carboxylic acids is 2. The summed E-state index contributed by atoms with van der Waals surface area (Å²) in [6.07, 6.45) is 3.31. The average Bonchev–Trinajstić information content (AvgIpc) is 3.41. The molecule has 8 heteroatoms. The zero-order valence-electron chi connectivity index (χ0n) is 18.6. The summed E-state index contributed by atoms with van der Waals surface area (Å²) in [5, 5.41) is 0. The molecule has 1 aliphatic heterocycles. The monoisotopic (exact) mass is 463 g/mol. The number of esters is 1. The molecule has 0 radical (unpaired) electrons. The first-order valence-electron chi connectivity index (χ1n) is 11.1. The quantitative estimate of drug-likeness (QED) is 0.403. The number of ether oxygens (including phenoxy) is 2. The van der Waals surface area contributed by atoms with Gasteiger partial charge in [0.2, 0.25) is 0 Å². The molecule has 5 rings (SSSR count). The van der Waals surface area contributed by atoms with Gasteiger partial charge in [-0.15, -0.1) is 0 Å². The van der Waals surface area contributed by atoms with E-state index >= 15 is 0 Å². The van der Waals surface area contributed by atoms with Crippen LogP contribution in [0.3, 0.4) is 0 Å². The van der Waals surface area contributed by atoms with Gasteiger partial charge in [0.25, 0.3) is 5.91 Å². The standard InChI is InChI=1S/C25H25N3O4S/c1-3-32-24(30)16-9-11-27(12-10-16)23(29)18-7-8-21-22(14-18)33-25-26-20(15-28(21)25)17-5-4-6-19(13-17)31-2/h4-8,13-16H,3,9-12H2,1-2H3. The number of rotatable bonds is 5. The second kappa shape index (κ2) is 8.86. The van der Waals surface area contributed by atoms with Gasteiger partial charge in [-0.25, -0.2) is 4.98 Å². The highest BCUT2D eigenvalue weighted by Gasteiger charge is 2.28. The summed E-state index contributed by atoms with van der Waals surface area (Å²) in [6, 6.07) is 13.6. The molecule has 1 aliphatic rings. The number of amides is 1. The second-order valence-corrected chi connectivity index (χ2v) is 9.12. The van der Waals surface area contributed by atoms with Crippen LogP contribution >= 0.6 is 11.3 Å². The van der Waals surface area contributed by atoms with Gasteiger partial charge in [-0.1, -0.05) is 23.5 Å². The highest BCUT2D eigenvalue weighted by Crippen LogP contribution is 2.31. The third kappa shape index (κ3) is 4.06. The first-order valence-corrected chi connectivity index (χ1v) is 11.9. The third-order valence-corrected chi connectivity index (χ3v) is 7.13. The molecule has 2 aromatic heterocycles. The molecule has 0 atom stereocenters. The fourth-order valence-corrected chi connectivity index (χ4v) is 5.36. The number of piperidine rings is 1. The van der Waals surface area contributed by atoms with Crippen LogP contribution in [0.2, 0.25) is 0 Å². The van der Waals surface area contributed by atoms with Crippen molar-refractivity contribution in [2.45, 2.75) is 19.8 Å². The number of methoxy groups -OCH3 is 1. The van der Waals surface area contributed by atoms with Crippen LogP contribution in [0, 0.1) is 5.92 Å². The molecular formula is C25H25N3O4S. The summed E-state index contributed by atoms with van der Waals surface area (Å²) >= 11 is 1.56. The van der Waals surface area contributed by atoms with E-state index in [2.05, 4.69) is 4.40 Å². The maximum Gasteiger partial charge on any atom is 0.309 e. The molecule has 0 bridgehead atoms. The lowest BCUT2D eigenvalue weighted by Crippen LogP contribution is -2.40. The molecule has 170 valence electrons. The number of likely N-dealkylation sites (tertiary alicyclic amines) is 1. The average molecular weight is 464 g/mol. The first kappa shape index (κ1) is 21.5. The zero-order valence-corrected chi connectivity index (χ0v) is 19.4. The number of aromatic nitrogens is 2. The van der Waals surface area contributed by atoms with Crippen molar-refractivity contribution in [3.8, 4) is 17.0 Å². The summed E-state index contributed by atoms with van der Waals surface area (Å²) in [7, 11) is 1.65. The largest absolute Gasteiger partial charge is 0.497 e. The van der Waals surface area contributed by atoms with Gasteiger partial charge in [-0.3, -0.25) is 14.0 Å². The van der Waals surface area contributed by atoms with Gasteiger partial charge >= 0.3 is 5.97 Å². The Morgan fingerprint density at radius 2 is 1.97 bits per heavy atom. The van der Waals surface area contributed by atoms with Crippen LogP contribution in [0.15, 0.2) is 48.7 Å². The number of thiazole rings is 1. The molecule has 3 heterocycles. The molecule has 2 aromatic carbocycles. The molecule has 0 saturated carbocycles. The second-order valence-electron chi connectivity index (χ2n) is 8.11. The van der Waals surface area contributed by atoms with Crippen LogP contribution in [-0.4, -0.2) is 53.0 Å². The van der Waals surface area contributed by atoms with Crippen LogP contribution in [0.4, 0.5) is 0 Å². The smallest absolute Gasteiger partial charge is 0.309 e. The first-order chi connectivity index (χ1) is 16.1. The van der Waals surface area contributed by atoms with Gasteiger partial charge in [-0.2, -0.15) is 0 Å². The summed E-state index contributed by atoms with van der Waals surface area (Å²) in [5.41, 5.74) is 3.56. The van der Waals surface area contributed by atoms with Crippen LogP contribution < -0.4 is 4.74 Å². The molecule has 1 fully saturated rings. The molecule has 7 nitrogen and oxygen atoms in total. The molecular weight excluding hydrogens is 438 g/mol. The Bertz CT molecular complexity index is 1330. The topological polar surface area (TPSA) is 73.1 Å². The van der Waals surface area contributed by atoms with E-state index in [1.165, 1.54) is 0 Å². The Morgan fingerprint density at radius 1 is 1.15 bits per heavy atom. The number of nitrogens with zero attached hydrogens (tertiary/aromatic N) is 3. The summed E-state index contributed by atoms with van der Waals surface area (Å²) in [5.74, 6) is 0.534. The Balaban J connectivity index is 1.35. The summed E-state index contributed by atoms with van der Waals surface area (Å²) in [4.78, 5) is 32.5. The Morgan fingerprint density at radius 3 is 2.73 bits per heavy atom. The number of carbonyl (C=O) groups is 2. The van der Waals surface area contributed by atoms with Crippen LogP contribution in [0.5, 0.6) is 5.75 Å². The predicted octanol–water partition coefficient (Wildman–Crippen LogP) is 4.64. The van der Waals surface area contributed by atoms with E-state index in [0.717, 1.165) is 32.2 Å². The highest BCUT2D eigenvalue weighted by molar-refractivity contribution is 7.23. The van der Waals surface area contributed by atoms with Crippen molar-refractivity contribution in [3.63, 3.8) is 0 Å². The van der Waals surface area contributed by atoms with E-state index in [1.807, 2.05) is 60.5 Å². The lowest BCUT2D eigenvalue weighted by molar-refractivity contribution is -0.149. The minimum atomic E-state index is -0.152. The van der Waals surface area contributed by atoms with Gasteiger partial charge in [0.05, 0.1) is 35.5 Å². The maximum atomic E-state index is 13.1. The normalized spacial score (nSPS) is 14.7. The molecule has 0 unspecified atom stereocenters. The van der Waals surface area contributed by atoms with Gasteiger partial charge < -0.3 is 14.4 Å². The number of fused-ring (bicyclic) bond motifs is 3. The van der Waals surface area contributed by atoms with Crippen LogP contribution in [-0.2, 0) is 9.53 Å². The maximum absolute atomic E-state index is 13.1.